The molecule has 4 N–H and O–H groups in total. The average molecular weight is 356 g/mol. The minimum absolute atomic E-state index is 0.359. The fraction of sp³-hybridized carbons (Fsp3) is 0.0455. The molecule has 5 nitrogen and oxygen atoms in total. The highest BCUT2D eigenvalue weighted by atomic mass is 16.1. The van der Waals surface area contributed by atoms with E-state index in [1.165, 1.54) is 11.8 Å². The molecular formula is C22H20N4O. The molecule has 0 saturated heterocycles. The van der Waals surface area contributed by atoms with E-state index in [9.17, 15) is 4.79 Å². The Morgan fingerprint density at radius 3 is 2.56 bits per heavy atom. The molecule has 0 saturated carbocycles. The quantitative estimate of drug-likeness (QED) is 0.566. The molecule has 1 amide bonds. The van der Waals surface area contributed by atoms with E-state index in [4.69, 9.17) is 11.1 Å². The van der Waals surface area contributed by atoms with Crippen LogP contribution >= 0.6 is 0 Å². The van der Waals surface area contributed by atoms with Gasteiger partial charge in [0.2, 0.25) is 5.91 Å². The first-order valence-corrected chi connectivity index (χ1v) is 8.51. The van der Waals surface area contributed by atoms with Gasteiger partial charge in [-0.3, -0.25) is 9.78 Å². The molecule has 0 aliphatic carbocycles. The first-order valence-electron chi connectivity index (χ1n) is 8.51. The van der Waals surface area contributed by atoms with Gasteiger partial charge in [-0.2, -0.15) is 0 Å². The van der Waals surface area contributed by atoms with Crippen molar-refractivity contribution < 1.29 is 4.79 Å². The van der Waals surface area contributed by atoms with Crippen molar-refractivity contribution in [1.29, 1.82) is 5.41 Å². The number of hydrogen-bond acceptors (Lipinski definition) is 4. The maximum Gasteiger partial charge on any atom is 0.250 e. The van der Waals surface area contributed by atoms with E-state index < -0.39 is 5.91 Å². The van der Waals surface area contributed by atoms with Crippen LogP contribution < -0.4 is 11.1 Å². The van der Waals surface area contributed by atoms with Crippen LogP contribution in [0.4, 0.5) is 0 Å². The van der Waals surface area contributed by atoms with Crippen molar-refractivity contribution in [3.63, 3.8) is 0 Å². The Bertz CT molecular complexity index is 980. The number of primary amides is 1. The molecular weight excluding hydrogens is 336 g/mol. The van der Waals surface area contributed by atoms with Crippen molar-refractivity contribution in [1.82, 2.24) is 10.3 Å². The molecule has 3 aromatic rings. The van der Waals surface area contributed by atoms with Gasteiger partial charge in [0.05, 0.1) is 11.3 Å². The van der Waals surface area contributed by atoms with Crippen LogP contribution in [0.2, 0.25) is 0 Å². The zero-order chi connectivity index (χ0) is 19.1. The van der Waals surface area contributed by atoms with Gasteiger partial charge in [-0.25, -0.2) is 0 Å². The third-order valence-electron chi connectivity index (χ3n) is 4.05. The molecule has 5 heteroatoms. The summed E-state index contributed by atoms with van der Waals surface area (Å²) in [6, 6.07) is 19.3. The van der Waals surface area contributed by atoms with Crippen LogP contribution in [-0.2, 0) is 6.54 Å². The molecule has 0 bridgehead atoms. The number of carbonyl (C=O) groups excluding carboxylic acids is 1. The van der Waals surface area contributed by atoms with Gasteiger partial charge in [0.1, 0.15) is 0 Å². The highest BCUT2D eigenvalue weighted by Gasteiger charge is 2.06. The Hall–Kier alpha value is -3.73. The predicted molar refractivity (Wildman–Crippen MR) is 107 cm³/mol. The topological polar surface area (TPSA) is 91.9 Å². The van der Waals surface area contributed by atoms with Gasteiger partial charge in [-0.05, 0) is 35.5 Å². The van der Waals surface area contributed by atoms with Crippen LogP contribution in [0.15, 0.2) is 85.3 Å². The number of nitrogens with zero attached hydrogens (tertiary/aromatic N) is 1. The Balaban J connectivity index is 1.69. The number of allylic oxidation sites excluding steroid dienone is 1. The number of benzene rings is 2. The van der Waals surface area contributed by atoms with Gasteiger partial charge in [0.15, 0.2) is 0 Å². The maximum atomic E-state index is 11.3. The van der Waals surface area contributed by atoms with Crippen molar-refractivity contribution in [2.75, 3.05) is 0 Å². The number of aromatic nitrogens is 1. The fourth-order valence-corrected chi connectivity index (χ4v) is 2.61. The van der Waals surface area contributed by atoms with Crippen molar-refractivity contribution in [3.05, 3.63) is 102 Å². The van der Waals surface area contributed by atoms with Gasteiger partial charge in [0, 0.05) is 30.1 Å². The summed E-state index contributed by atoms with van der Waals surface area (Å²) in [4.78, 5) is 15.4. The molecule has 0 atom stereocenters. The number of carbonyl (C=O) groups is 1. The first-order chi connectivity index (χ1) is 13.1. The Morgan fingerprint density at radius 2 is 1.78 bits per heavy atom. The maximum absolute atomic E-state index is 11.3. The van der Waals surface area contributed by atoms with Gasteiger partial charge in [0.25, 0.3) is 0 Å². The lowest BCUT2D eigenvalue weighted by molar-refractivity contribution is 0.1000. The Kier molecular flexibility index (Phi) is 5.74. The van der Waals surface area contributed by atoms with E-state index in [0.717, 1.165) is 16.7 Å². The minimum Gasteiger partial charge on any atom is -0.387 e. The molecule has 3 rings (SSSR count). The Morgan fingerprint density at radius 1 is 1.00 bits per heavy atom. The molecule has 0 fully saturated rings. The normalized spacial score (nSPS) is 10.7. The number of nitrogens with one attached hydrogen (secondary N) is 2. The van der Waals surface area contributed by atoms with Crippen LogP contribution in [0.25, 0.3) is 11.1 Å². The van der Waals surface area contributed by atoms with E-state index in [0.29, 0.717) is 17.8 Å². The standard InChI is InChI=1S/C22H20N4O/c23-21(9-10-25-13-16-5-2-1-3-6-16)18-8-4-7-17(11-18)19-12-20(22(24)27)15-26-14-19/h1-12,14-15,23,25H,13H2,(H2,24,27)/b10-9-,23-21?. The summed E-state index contributed by atoms with van der Waals surface area (Å²) in [5.41, 5.74) is 9.67. The van der Waals surface area contributed by atoms with E-state index in [1.54, 1.807) is 24.5 Å². The lowest BCUT2D eigenvalue weighted by Crippen LogP contribution is -2.11. The lowest BCUT2D eigenvalue weighted by atomic mass is 10.0. The zero-order valence-corrected chi connectivity index (χ0v) is 14.7. The summed E-state index contributed by atoms with van der Waals surface area (Å²) in [5, 5.41) is 11.5. The highest BCUT2D eigenvalue weighted by Crippen LogP contribution is 2.21. The molecule has 0 unspecified atom stereocenters. The van der Waals surface area contributed by atoms with Gasteiger partial charge >= 0.3 is 0 Å². The smallest absolute Gasteiger partial charge is 0.250 e. The zero-order valence-electron chi connectivity index (χ0n) is 14.7. The summed E-state index contributed by atoms with van der Waals surface area (Å²) < 4.78 is 0. The molecule has 0 aliphatic heterocycles. The average Bonchev–Trinajstić information content (AvgIpc) is 2.72. The van der Waals surface area contributed by atoms with Crippen molar-refractivity contribution in [2.45, 2.75) is 6.54 Å². The van der Waals surface area contributed by atoms with E-state index >= 15 is 0 Å². The molecule has 0 spiro atoms. The second kappa shape index (κ2) is 8.58. The fourth-order valence-electron chi connectivity index (χ4n) is 2.61. The number of hydrogen-bond donors (Lipinski definition) is 3. The molecule has 1 heterocycles. The van der Waals surface area contributed by atoms with Crippen LogP contribution in [-0.4, -0.2) is 16.6 Å². The third kappa shape index (κ3) is 4.89. The van der Waals surface area contributed by atoms with Crippen LogP contribution in [0, 0.1) is 5.41 Å². The molecule has 2 aromatic carbocycles. The minimum atomic E-state index is -0.513. The summed E-state index contributed by atoms with van der Waals surface area (Å²) in [7, 11) is 0. The number of pyridine rings is 1. The summed E-state index contributed by atoms with van der Waals surface area (Å²) in [5.74, 6) is -0.513. The van der Waals surface area contributed by atoms with Crippen molar-refractivity contribution >= 4 is 11.6 Å². The molecule has 0 aliphatic rings. The van der Waals surface area contributed by atoms with E-state index in [1.807, 2.05) is 54.6 Å². The van der Waals surface area contributed by atoms with Gasteiger partial charge in [-0.15, -0.1) is 0 Å². The van der Waals surface area contributed by atoms with E-state index in [-0.39, 0.29) is 0 Å². The Labute approximate surface area is 158 Å². The largest absolute Gasteiger partial charge is 0.387 e. The second-order valence-electron chi connectivity index (χ2n) is 6.02. The molecule has 27 heavy (non-hydrogen) atoms. The summed E-state index contributed by atoms with van der Waals surface area (Å²) >= 11 is 0. The monoisotopic (exact) mass is 356 g/mol. The predicted octanol–water partition coefficient (Wildman–Crippen LogP) is 3.52. The van der Waals surface area contributed by atoms with Crippen molar-refractivity contribution in [3.8, 4) is 11.1 Å². The number of rotatable bonds is 7. The van der Waals surface area contributed by atoms with Crippen LogP contribution in [0.3, 0.4) is 0 Å². The SMILES string of the molecule is N=C(/C=C\NCc1ccccc1)c1cccc(-c2cncc(C(N)=O)c2)c1. The van der Waals surface area contributed by atoms with Crippen LogP contribution in [0.5, 0.6) is 0 Å². The first kappa shape index (κ1) is 18.1. The van der Waals surface area contributed by atoms with E-state index in [2.05, 4.69) is 10.3 Å². The third-order valence-corrected chi connectivity index (χ3v) is 4.05. The summed E-state index contributed by atoms with van der Waals surface area (Å²) in [6.07, 6.45) is 6.61. The number of nitrogens with two attached hydrogens (primary N) is 1. The van der Waals surface area contributed by atoms with Crippen LogP contribution in [0.1, 0.15) is 21.5 Å². The summed E-state index contributed by atoms with van der Waals surface area (Å²) in [6.45, 7) is 0.705. The molecule has 134 valence electrons. The van der Waals surface area contributed by atoms with Gasteiger partial charge < -0.3 is 16.5 Å². The van der Waals surface area contributed by atoms with Crippen molar-refractivity contribution in [2.24, 2.45) is 5.73 Å². The number of amides is 1. The second-order valence-corrected chi connectivity index (χ2v) is 6.02. The molecule has 0 radical (unpaired) electrons. The van der Waals surface area contributed by atoms with Gasteiger partial charge in [-0.1, -0.05) is 48.5 Å². The molecule has 1 aromatic heterocycles. The highest BCUT2D eigenvalue weighted by molar-refractivity contribution is 6.07. The lowest BCUT2D eigenvalue weighted by Gasteiger charge is -2.06.